The SMILES string of the molecule is Cc1ccc([C@@H](N)CC2CC2)c(C)c1. The molecule has 0 unspecified atom stereocenters. The Bertz CT molecular complexity index is 326. The highest BCUT2D eigenvalue weighted by molar-refractivity contribution is 5.32. The number of nitrogens with two attached hydrogens (primary N) is 1. The van der Waals surface area contributed by atoms with Crippen molar-refractivity contribution in [2.75, 3.05) is 0 Å². The van der Waals surface area contributed by atoms with E-state index < -0.39 is 0 Å². The van der Waals surface area contributed by atoms with Crippen molar-refractivity contribution in [2.24, 2.45) is 11.7 Å². The van der Waals surface area contributed by atoms with Crippen LogP contribution >= 0.6 is 0 Å². The summed E-state index contributed by atoms with van der Waals surface area (Å²) < 4.78 is 0. The van der Waals surface area contributed by atoms with Crippen LogP contribution in [-0.4, -0.2) is 0 Å². The molecule has 0 spiro atoms. The number of hydrogen-bond acceptors (Lipinski definition) is 1. The maximum absolute atomic E-state index is 6.19. The van der Waals surface area contributed by atoms with E-state index in [-0.39, 0.29) is 6.04 Å². The zero-order valence-corrected chi connectivity index (χ0v) is 9.09. The Morgan fingerprint density at radius 1 is 1.36 bits per heavy atom. The van der Waals surface area contributed by atoms with Gasteiger partial charge in [0.05, 0.1) is 0 Å². The third-order valence-electron chi connectivity index (χ3n) is 3.11. The first kappa shape index (κ1) is 9.72. The Kier molecular flexibility index (Phi) is 2.60. The average Bonchev–Trinajstić information content (AvgIpc) is 2.87. The second kappa shape index (κ2) is 3.74. The fourth-order valence-electron chi connectivity index (χ4n) is 2.08. The number of aryl methyl sites for hydroxylation is 2. The quantitative estimate of drug-likeness (QED) is 0.776. The van der Waals surface area contributed by atoms with E-state index in [2.05, 4.69) is 32.0 Å². The number of rotatable bonds is 3. The molecule has 0 heterocycles. The Hall–Kier alpha value is -0.820. The summed E-state index contributed by atoms with van der Waals surface area (Å²) >= 11 is 0. The zero-order valence-electron chi connectivity index (χ0n) is 9.09. The molecule has 1 aliphatic rings. The molecule has 1 aromatic rings. The van der Waals surface area contributed by atoms with Gasteiger partial charge in [0.25, 0.3) is 0 Å². The van der Waals surface area contributed by atoms with Gasteiger partial charge in [-0.05, 0) is 37.3 Å². The molecule has 0 aromatic heterocycles. The summed E-state index contributed by atoms with van der Waals surface area (Å²) in [7, 11) is 0. The Labute approximate surface area is 86.3 Å². The molecule has 0 bridgehead atoms. The largest absolute Gasteiger partial charge is 0.324 e. The molecule has 1 saturated carbocycles. The van der Waals surface area contributed by atoms with Crippen LogP contribution in [0.15, 0.2) is 18.2 Å². The van der Waals surface area contributed by atoms with Crippen molar-refractivity contribution >= 4 is 0 Å². The topological polar surface area (TPSA) is 26.0 Å². The molecular weight excluding hydrogens is 170 g/mol. The first-order valence-corrected chi connectivity index (χ1v) is 5.49. The Morgan fingerprint density at radius 3 is 2.64 bits per heavy atom. The van der Waals surface area contributed by atoms with Crippen LogP contribution in [0.3, 0.4) is 0 Å². The monoisotopic (exact) mass is 189 g/mol. The lowest BCUT2D eigenvalue weighted by atomic mass is 9.96. The van der Waals surface area contributed by atoms with E-state index in [1.54, 1.807) is 0 Å². The molecule has 1 aliphatic carbocycles. The van der Waals surface area contributed by atoms with Gasteiger partial charge < -0.3 is 5.73 Å². The smallest absolute Gasteiger partial charge is 0.0300 e. The lowest BCUT2D eigenvalue weighted by Crippen LogP contribution is -2.12. The van der Waals surface area contributed by atoms with Gasteiger partial charge in [-0.1, -0.05) is 36.6 Å². The van der Waals surface area contributed by atoms with Gasteiger partial charge in [-0.3, -0.25) is 0 Å². The van der Waals surface area contributed by atoms with Gasteiger partial charge in [-0.2, -0.15) is 0 Å². The Morgan fingerprint density at radius 2 is 2.07 bits per heavy atom. The van der Waals surface area contributed by atoms with E-state index in [1.807, 2.05) is 0 Å². The van der Waals surface area contributed by atoms with Gasteiger partial charge >= 0.3 is 0 Å². The van der Waals surface area contributed by atoms with E-state index in [4.69, 9.17) is 5.73 Å². The molecule has 1 aromatic carbocycles. The lowest BCUT2D eigenvalue weighted by Gasteiger charge is -2.14. The van der Waals surface area contributed by atoms with Crippen molar-refractivity contribution in [3.63, 3.8) is 0 Å². The molecular formula is C13H19N. The van der Waals surface area contributed by atoms with Gasteiger partial charge in [0.1, 0.15) is 0 Å². The molecule has 0 amide bonds. The normalized spacial score (nSPS) is 18.2. The molecule has 1 nitrogen and oxygen atoms in total. The van der Waals surface area contributed by atoms with Crippen LogP contribution in [0.4, 0.5) is 0 Å². The summed E-state index contributed by atoms with van der Waals surface area (Å²) in [5.41, 5.74) is 10.2. The standard InChI is InChI=1S/C13H19N/c1-9-3-6-12(10(2)7-9)13(14)8-11-4-5-11/h3,6-7,11,13H,4-5,8,14H2,1-2H3/t13-/m0/s1. The highest BCUT2D eigenvalue weighted by Crippen LogP contribution is 2.37. The van der Waals surface area contributed by atoms with Crippen LogP contribution in [0.1, 0.15) is 42.0 Å². The molecule has 1 heteroatoms. The van der Waals surface area contributed by atoms with E-state index in [1.165, 1.54) is 36.0 Å². The first-order valence-electron chi connectivity index (χ1n) is 5.49. The van der Waals surface area contributed by atoms with Crippen LogP contribution < -0.4 is 5.73 Å². The highest BCUT2D eigenvalue weighted by atomic mass is 14.6. The van der Waals surface area contributed by atoms with Crippen LogP contribution in [0.25, 0.3) is 0 Å². The molecule has 0 saturated heterocycles. The fourth-order valence-corrected chi connectivity index (χ4v) is 2.08. The van der Waals surface area contributed by atoms with Crippen LogP contribution in [-0.2, 0) is 0 Å². The summed E-state index contributed by atoms with van der Waals surface area (Å²) in [6.07, 6.45) is 3.95. The van der Waals surface area contributed by atoms with Gasteiger partial charge in [0.2, 0.25) is 0 Å². The number of benzene rings is 1. The summed E-state index contributed by atoms with van der Waals surface area (Å²) in [5.74, 6) is 0.908. The van der Waals surface area contributed by atoms with Gasteiger partial charge in [0.15, 0.2) is 0 Å². The van der Waals surface area contributed by atoms with Crippen LogP contribution in [0, 0.1) is 19.8 Å². The predicted molar refractivity (Wildman–Crippen MR) is 60.2 cm³/mol. The van der Waals surface area contributed by atoms with Gasteiger partial charge in [0, 0.05) is 6.04 Å². The third kappa shape index (κ3) is 2.16. The minimum Gasteiger partial charge on any atom is -0.324 e. The summed E-state index contributed by atoms with van der Waals surface area (Å²) in [4.78, 5) is 0. The van der Waals surface area contributed by atoms with Crippen molar-refractivity contribution in [3.05, 3.63) is 34.9 Å². The van der Waals surface area contributed by atoms with Crippen molar-refractivity contribution in [1.29, 1.82) is 0 Å². The highest BCUT2D eigenvalue weighted by Gasteiger charge is 2.24. The molecule has 2 N–H and O–H groups in total. The van der Waals surface area contributed by atoms with Crippen LogP contribution in [0.2, 0.25) is 0 Å². The Balaban J connectivity index is 2.13. The zero-order chi connectivity index (χ0) is 10.1. The van der Waals surface area contributed by atoms with Gasteiger partial charge in [-0.15, -0.1) is 0 Å². The molecule has 0 aliphatic heterocycles. The summed E-state index contributed by atoms with van der Waals surface area (Å²) in [6.45, 7) is 4.29. The van der Waals surface area contributed by atoms with E-state index in [0.29, 0.717) is 0 Å². The summed E-state index contributed by atoms with van der Waals surface area (Å²) in [6, 6.07) is 6.83. The minimum absolute atomic E-state index is 0.253. The minimum atomic E-state index is 0.253. The lowest BCUT2D eigenvalue weighted by molar-refractivity contribution is 0.594. The maximum atomic E-state index is 6.19. The van der Waals surface area contributed by atoms with Crippen molar-refractivity contribution in [2.45, 2.75) is 39.2 Å². The van der Waals surface area contributed by atoms with E-state index in [0.717, 1.165) is 5.92 Å². The van der Waals surface area contributed by atoms with E-state index >= 15 is 0 Å². The number of hydrogen-bond donors (Lipinski definition) is 1. The van der Waals surface area contributed by atoms with Crippen molar-refractivity contribution in [3.8, 4) is 0 Å². The molecule has 0 radical (unpaired) electrons. The second-order valence-corrected chi connectivity index (χ2v) is 4.65. The molecule has 76 valence electrons. The maximum Gasteiger partial charge on any atom is 0.0300 e. The first-order chi connectivity index (χ1) is 6.66. The summed E-state index contributed by atoms with van der Waals surface area (Å²) in [5, 5.41) is 0. The third-order valence-corrected chi connectivity index (χ3v) is 3.11. The van der Waals surface area contributed by atoms with Gasteiger partial charge in [-0.25, -0.2) is 0 Å². The molecule has 14 heavy (non-hydrogen) atoms. The van der Waals surface area contributed by atoms with Crippen molar-refractivity contribution < 1.29 is 0 Å². The molecule has 2 rings (SSSR count). The second-order valence-electron chi connectivity index (χ2n) is 4.65. The van der Waals surface area contributed by atoms with Crippen molar-refractivity contribution in [1.82, 2.24) is 0 Å². The molecule has 1 atom stereocenters. The van der Waals surface area contributed by atoms with Crippen LogP contribution in [0.5, 0.6) is 0 Å². The molecule has 1 fully saturated rings. The predicted octanol–water partition coefficient (Wildman–Crippen LogP) is 3.10. The van der Waals surface area contributed by atoms with E-state index in [9.17, 15) is 0 Å². The average molecular weight is 189 g/mol. The fraction of sp³-hybridized carbons (Fsp3) is 0.538.